The molecule has 8 heteroatoms. The minimum atomic E-state index is -3.17. The predicted octanol–water partition coefficient (Wildman–Crippen LogP) is 1.29. The third kappa shape index (κ3) is 3.87. The Balaban J connectivity index is 1.61. The lowest BCUT2D eigenvalue weighted by Crippen LogP contribution is -2.49. The average Bonchev–Trinajstić information content (AvgIpc) is 2.66. The number of carbonyl (C=O) groups excluding carboxylic acids is 1. The molecule has 2 bridgehead atoms. The molecule has 0 aliphatic carbocycles. The van der Waals surface area contributed by atoms with Crippen molar-refractivity contribution in [2.24, 2.45) is 5.92 Å². The molecule has 0 aromatic carbocycles. The van der Waals surface area contributed by atoms with Gasteiger partial charge in [-0.05, 0) is 30.0 Å². The molecule has 0 spiro atoms. The summed E-state index contributed by atoms with van der Waals surface area (Å²) in [5.41, 5.74) is 2.65. The van der Waals surface area contributed by atoms with Crippen molar-refractivity contribution in [3.8, 4) is 11.1 Å². The standard InChI is InChI=1S/C20H23N3O4S/c1-28(26,27)6-4-19(24)22-11-14-7-17(13-22)18-8-16(9-20(25)23(18)12-14)15-3-2-5-21-10-15/h2-3,5,8-10,14,17H,4,6-7,11-13H2,1H3/t14-,17+/m0/s1. The second kappa shape index (κ2) is 7.16. The van der Waals surface area contributed by atoms with Crippen molar-refractivity contribution in [3.63, 3.8) is 0 Å². The zero-order valence-corrected chi connectivity index (χ0v) is 16.6. The van der Waals surface area contributed by atoms with E-state index in [0.717, 1.165) is 29.5 Å². The molecule has 4 heterocycles. The molecule has 1 amide bonds. The Bertz CT molecular complexity index is 1060. The maximum absolute atomic E-state index is 12.7. The number of piperidine rings is 1. The molecule has 4 rings (SSSR count). The topological polar surface area (TPSA) is 89.3 Å². The van der Waals surface area contributed by atoms with Gasteiger partial charge in [0.05, 0.1) is 5.75 Å². The normalized spacial score (nSPS) is 21.2. The highest BCUT2D eigenvalue weighted by molar-refractivity contribution is 7.90. The van der Waals surface area contributed by atoms with E-state index in [-0.39, 0.29) is 35.5 Å². The molecule has 0 N–H and O–H groups in total. The van der Waals surface area contributed by atoms with E-state index in [1.165, 1.54) is 0 Å². The number of fused-ring (bicyclic) bond motifs is 4. The molecule has 0 saturated carbocycles. The van der Waals surface area contributed by atoms with Crippen LogP contribution in [0.5, 0.6) is 0 Å². The van der Waals surface area contributed by atoms with E-state index in [0.29, 0.717) is 19.6 Å². The van der Waals surface area contributed by atoms with Crippen LogP contribution in [0, 0.1) is 5.92 Å². The minimum Gasteiger partial charge on any atom is -0.342 e. The molecule has 2 aromatic heterocycles. The third-order valence-electron chi connectivity index (χ3n) is 5.59. The Labute approximate surface area is 163 Å². The van der Waals surface area contributed by atoms with Crippen LogP contribution < -0.4 is 5.56 Å². The average molecular weight is 401 g/mol. The lowest BCUT2D eigenvalue weighted by Gasteiger charge is -2.43. The van der Waals surface area contributed by atoms with Gasteiger partial charge in [-0.3, -0.25) is 14.6 Å². The van der Waals surface area contributed by atoms with Crippen molar-refractivity contribution in [2.45, 2.75) is 25.3 Å². The highest BCUT2D eigenvalue weighted by Gasteiger charge is 2.36. The summed E-state index contributed by atoms with van der Waals surface area (Å²) >= 11 is 0. The molecule has 148 valence electrons. The van der Waals surface area contributed by atoms with Crippen LogP contribution in [-0.2, 0) is 21.2 Å². The van der Waals surface area contributed by atoms with Crippen molar-refractivity contribution in [1.29, 1.82) is 0 Å². The Morgan fingerprint density at radius 3 is 2.75 bits per heavy atom. The highest BCUT2D eigenvalue weighted by Crippen LogP contribution is 2.36. The number of carbonyl (C=O) groups is 1. The van der Waals surface area contributed by atoms with Gasteiger partial charge in [0.2, 0.25) is 5.91 Å². The fourth-order valence-corrected chi connectivity index (χ4v) is 4.84. The first kappa shape index (κ1) is 18.9. The molecule has 0 unspecified atom stereocenters. The van der Waals surface area contributed by atoms with Gasteiger partial charge in [0.15, 0.2) is 0 Å². The van der Waals surface area contributed by atoms with Crippen molar-refractivity contribution < 1.29 is 13.2 Å². The quantitative estimate of drug-likeness (QED) is 0.770. The van der Waals surface area contributed by atoms with Gasteiger partial charge in [-0.25, -0.2) is 8.42 Å². The monoisotopic (exact) mass is 401 g/mol. The Morgan fingerprint density at radius 1 is 1.21 bits per heavy atom. The van der Waals surface area contributed by atoms with Crippen LogP contribution in [0.1, 0.15) is 24.5 Å². The number of hydrogen-bond donors (Lipinski definition) is 0. The molecule has 7 nitrogen and oxygen atoms in total. The predicted molar refractivity (Wildman–Crippen MR) is 106 cm³/mol. The van der Waals surface area contributed by atoms with E-state index in [1.54, 1.807) is 23.4 Å². The molecule has 2 aliphatic rings. The first-order chi connectivity index (χ1) is 13.3. The number of likely N-dealkylation sites (tertiary alicyclic amines) is 1. The van der Waals surface area contributed by atoms with Crippen molar-refractivity contribution >= 4 is 15.7 Å². The fourth-order valence-electron chi connectivity index (χ4n) is 4.29. The summed E-state index contributed by atoms with van der Waals surface area (Å²) in [7, 11) is -3.17. The van der Waals surface area contributed by atoms with Gasteiger partial charge in [0.1, 0.15) is 9.84 Å². The van der Waals surface area contributed by atoms with Crippen LogP contribution in [-0.4, -0.2) is 53.9 Å². The third-order valence-corrected chi connectivity index (χ3v) is 6.54. The Morgan fingerprint density at radius 2 is 2.04 bits per heavy atom. The maximum Gasteiger partial charge on any atom is 0.251 e. The van der Waals surface area contributed by atoms with E-state index < -0.39 is 9.84 Å². The van der Waals surface area contributed by atoms with Gasteiger partial charge in [0, 0.05) is 67.9 Å². The molecule has 2 aromatic rings. The second-order valence-corrected chi connectivity index (χ2v) is 10.1. The van der Waals surface area contributed by atoms with Gasteiger partial charge in [-0.1, -0.05) is 6.07 Å². The summed E-state index contributed by atoms with van der Waals surface area (Å²) in [5, 5.41) is 0. The van der Waals surface area contributed by atoms with Crippen LogP contribution in [0.4, 0.5) is 0 Å². The molecule has 2 atom stereocenters. The van der Waals surface area contributed by atoms with Crippen molar-refractivity contribution in [2.75, 3.05) is 25.1 Å². The Kier molecular flexibility index (Phi) is 4.82. The van der Waals surface area contributed by atoms with Gasteiger partial charge in [0.25, 0.3) is 5.56 Å². The van der Waals surface area contributed by atoms with Gasteiger partial charge >= 0.3 is 0 Å². The van der Waals surface area contributed by atoms with E-state index in [1.807, 2.05) is 22.8 Å². The minimum absolute atomic E-state index is 0.0147. The number of aromatic nitrogens is 2. The van der Waals surface area contributed by atoms with E-state index in [2.05, 4.69) is 4.98 Å². The molecular weight excluding hydrogens is 378 g/mol. The number of sulfone groups is 1. The summed E-state index contributed by atoms with van der Waals surface area (Å²) in [5.74, 6) is 0.0486. The largest absolute Gasteiger partial charge is 0.342 e. The number of rotatable bonds is 4. The van der Waals surface area contributed by atoms with Crippen LogP contribution >= 0.6 is 0 Å². The maximum atomic E-state index is 12.7. The Hall–Kier alpha value is -2.48. The first-order valence-electron chi connectivity index (χ1n) is 9.41. The first-order valence-corrected chi connectivity index (χ1v) is 11.5. The molecule has 1 saturated heterocycles. The zero-order chi connectivity index (χ0) is 19.9. The van der Waals surface area contributed by atoms with Crippen LogP contribution in [0.15, 0.2) is 41.5 Å². The van der Waals surface area contributed by atoms with Crippen LogP contribution in [0.25, 0.3) is 11.1 Å². The summed E-state index contributed by atoms with van der Waals surface area (Å²) in [6.07, 6.45) is 5.53. The zero-order valence-electron chi connectivity index (χ0n) is 15.7. The highest BCUT2D eigenvalue weighted by atomic mass is 32.2. The number of nitrogens with zero attached hydrogens (tertiary/aromatic N) is 3. The van der Waals surface area contributed by atoms with Crippen molar-refractivity contribution in [3.05, 3.63) is 52.7 Å². The summed E-state index contributed by atoms with van der Waals surface area (Å²) in [6.45, 7) is 1.69. The fraction of sp³-hybridized carbons (Fsp3) is 0.450. The lowest BCUT2D eigenvalue weighted by molar-refractivity contribution is -0.133. The number of amides is 1. The lowest BCUT2D eigenvalue weighted by atomic mass is 9.82. The van der Waals surface area contributed by atoms with Crippen LogP contribution in [0.2, 0.25) is 0 Å². The smallest absolute Gasteiger partial charge is 0.251 e. The van der Waals surface area contributed by atoms with Gasteiger partial charge < -0.3 is 9.47 Å². The van der Waals surface area contributed by atoms with E-state index >= 15 is 0 Å². The number of hydrogen-bond acceptors (Lipinski definition) is 5. The van der Waals surface area contributed by atoms with Gasteiger partial charge in [-0.2, -0.15) is 0 Å². The second-order valence-electron chi connectivity index (χ2n) is 7.84. The molecule has 0 radical (unpaired) electrons. The summed E-state index contributed by atoms with van der Waals surface area (Å²) < 4.78 is 24.6. The van der Waals surface area contributed by atoms with E-state index in [9.17, 15) is 18.0 Å². The van der Waals surface area contributed by atoms with Crippen LogP contribution in [0.3, 0.4) is 0 Å². The number of pyridine rings is 2. The summed E-state index contributed by atoms with van der Waals surface area (Å²) in [6, 6.07) is 7.44. The van der Waals surface area contributed by atoms with Gasteiger partial charge in [-0.15, -0.1) is 0 Å². The SMILES string of the molecule is CS(=O)(=O)CCC(=O)N1C[C@@H]2C[C@H](C1)c1cc(-c3cccnc3)cc(=O)n1C2. The molecular formula is C20H23N3O4S. The summed E-state index contributed by atoms with van der Waals surface area (Å²) in [4.78, 5) is 31.1. The molecule has 2 aliphatic heterocycles. The molecule has 1 fully saturated rings. The van der Waals surface area contributed by atoms with E-state index in [4.69, 9.17) is 0 Å². The van der Waals surface area contributed by atoms with Crippen molar-refractivity contribution in [1.82, 2.24) is 14.5 Å². The molecule has 28 heavy (non-hydrogen) atoms.